The second-order valence-corrected chi connectivity index (χ2v) is 3.53. The third-order valence-electron chi connectivity index (χ3n) is 2.62. The summed E-state index contributed by atoms with van der Waals surface area (Å²) in [6.45, 7) is 0.998. The van der Waals surface area contributed by atoms with Crippen molar-refractivity contribution in [1.29, 1.82) is 0 Å². The zero-order chi connectivity index (χ0) is 10.1. The molecule has 0 aromatic heterocycles. The normalized spacial score (nSPS) is 40.0. The first-order valence-corrected chi connectivity index (χ1v) is 4.91. The van der Waals surface area contributed by atoms with Crippen LogP contribution in [-0.4, -0.2) is 38.5 Å². The van der Waals surface area contributed by atoms with Gasteiger partial charge in [0.1, 0.15) is 18.5 Å². The van der Waals surface area contributed by atoms with E-state index in [0.29, 0.717) is 12.4 Å². The molecule has 0 aliphatic carbocycles. The van der Waals surface area contributed by atoms with Crippen molar-refractivity contribution in [3.63, 3.8) is 0 Å². The molecular weight excluding hydrogens is 204 g/mol. The molecule has 84 valence electrons. The fourth-order valence-corrected chi connectivity index (χ4v) is 1.89. The molecule has 2 saturated heterocycles. The van der Waals surface area contributed by atoms with Gasteiger partial charge < -0.3 is 18.9 Å². The van der Waals surface area contributed by atoms with Crippen LogP contribution in [0.2, 0.25) is 0 Å². The zero-order valence-electron chi connectivity index (χ0n) is 8.09. The maximum absolute atomic E-state index is 5.48. The summed E-state index contributed by atoms with van der Waals surface area (Å²) in [4.78, 5) is 9.98. The molecule has 15 heavy (non-hydrogen) atoms. The Hall–Kier alpha value is -0.820. The lowest BCUT2D eigenvalue weighted by molar-refractivity contribution is -0.315. The molecule has 0 N–H and O–H groups in total. The van der Waals surface area contributed by atoms with Gasteiger partial charge in [-0.15, -0.1) is 0 Å². The van der Waals surface area contributed by atoms with E-state index < -0.39 is 0 Å². The number of rotatable bonds is 1. The highest BCUT2D eigenvalue weighted by atomic mass is 17.2. The molecule has 0 bridgehead atoms. The molecule has 0 radical (unpaired) electrons. The van der Waals surface area contributed by atoms with Gasteiger partial charge in [0.15, 0.2) is 25.4 Å². The van der Waals surface area contributed by atoms with Crippen LogP contribution < -0.4 is 0 Å². The van der Waals surface area contributed by atoms with Gasteiger partial charge in [-0.1, -0.05) is 0 Å². The molecule has 0 saturated carbocycles. The summed E-state index contributed by atoms with van der Waals surface area (Å²) < 4.78 is 21.2. The lowest BCUT2D eigenvalue weighted by Crippen LogP contribution is -2.47. The third-order valence-corrected chi connectivity index (χ3v) is 2.62. The van der Waals surface area contributed by atoms with Gasteiger partial charge in [-0.2, -0.15) is 0 Å². The van der Waals surface area contributed by atoms with Crippen molar-refractivity contribution in [2.75, 3.05) is 20.2 Å². The molecule has 0 aromatic rings. The van der Waals surface area contributed by atoms with E-state index in [4.69, 9.17) is 28.7 Å². The summed E-state index contributed by atoms with van der Waals surface area (Å²) in [7, 11) is 0. The van der Waals surface area contributed by atoms with Crippen LogP contribution in [0.15, 0.2) is 12.0 Å². The van der Waals surface area contributed by atoms with Gasteiger partial charge in [-0.3, -0.25) is 0 Å². The van der Waals surface area contributed by atoms with Crippen LogP contribution in [0.1, 0.15) is 6.42 Å². The van der Waals surface area contributed by atoms with E-state index in [1.165, 1.54) is 0 Å². The average molecular weight is 216 g/mol. The van der Waals surface area contributed by atoms with Gasteiger partial charge in [-0.05, 0) is 0 Å². The average Bonchev–Trinajstić information content (AvgIpc) is 2.82. The zero-order valence-corrected chi connectivity index (χ0v) is 8.09. The van der Waals surface area contributed by atoms with Gasteiger partial charge in [0.2, 0.25) is 0 Å². The standard InChI is InChI=1S/C9H12O6/c1-2-14-15-6(1)8-9-7(11-5-13-8)3-10-4-12-9/h3,6,8-9H,1-2,4-5H2. The summed E-state index contributed by atoms with van der Waals surface area (Å²) in [5, 5.41) is 0. The summed E-state index contributed by atoms with van der Waals surface area (Å²) >= 11 is 0. The maximum atomic E-state index is 5.48. The summed E-state index contributed by atoms with van der Waals surface area (Å²) in [6, 6.07) is 0. The van der Waals surface area contributed by atoms with Crippen LogP contribution in [-0.2, 0) is 28.7 Å². The summed E-state index contributed by atoms with van der Waals surface area (Å²) in [5.74, 6) is 0.660. The minimum atomic E-state index is -0.251. The van der Waals surface area contributed by atoms with E-state index in [9.17, 15) is 0 Å². The van der Waals surface area contributed by atoms with Crippen molar-refractivity contribution >= 4 is 0 Å². The lowest BCUT2D eigenvalue weighted by atomic mass is 10.0. The van der Waals surface area contributed by atoms with Crippen molar-refractivity contribution < 1.29 is 28.7 Å². The quantitative estimate of drug-likeness (QED) is 0.587. The van der Waals surface area contributed by atoms with E-state index in [0.717, 1.165) is 6.42 Å². The first kappa shape index (κ1) is 9.41. The minimum Gasteiger partial charge on any atom is -0.472 e. The molecule has 0 amide bonds. The molecular formula is C9H12O6. The first-order chi connectivity index (χ1) is 7.45. The Morgan fingerprint density at radius 1 is 1.20 bits per heavy atom. The second kappa shape index (κ2) is 3.97. The molecule has 3 heterocycles. The largest absolute Gasteiger partial charge is 0.472 e. The molecule has 3 aliphatic rings. The van der Waals surface area contributed by atoms with E-state index in [2.05, 4.69) is 0 Å². The molecule has 3 rings (SSSR count). The van der Waals surface area contributed by atoms with Crippen molar-refractivity contribution in [2.45, 2.75) is 24.7 Å². The van der Waals surface area contributed by atoms with Crippen LogP contribution in [0.25, 0.3) is 0 Å². The van der Waals surface area contributed by atoms with Crippen molar-refractivity contribution in [2.24, 2.45) is 0 Å². The predicted molar refractivity (Wildman–Crippen MR) is 45.2 cm³/mol. The molecule has 2 fully saturated rings. The molecule has 6 heteroatoms. The Morgan fingerprint density at radius 2 is 2.20 bits per heavy atom. The third kappa shape index (κ3) is 1.69. The Labute approximate surface area is 86.6 Å². The topological polar surface area (TPSA) is 55.4 Å². The maximum Gasteiger partial charge on any atom is 0.189 e. The number of ether oxygens (including phenoxy) is 4. The Kier molecular flexibility index (Phi) is 2.49. The fraction of sp³-hybridized carbons (Fsp3) is 0.778. The smallest absolute Gasteiger partial charge is 0.189 e. The van der Waals surface area contributed by atoms with Crippen LogP contribution in [0, 0.1) is 0 Å². The van der Waals surface area contributed by atoms with E-state index in [1.54, 1.807) is 6.26 Å². The number of hydrogen-bond donors (Lipinski definition) is 0. The molecule has 0 aromatic carbocycles. The number of hydrogen-bond acceptors (Lipinski definition) is 6. The first-order valence-electron chi connectivity index (χ1n) is 4.91. The van der Waals surface area contributed by atoms with Gasteiger partial charge in [-0.25, -0.2) is 9.78 Å². The monoisotopic (exact) mass is 216 g/mol. The van der Waals surface area contributed by atoms with Crippen LogP contribution in [0.5, 0.6) is 0 Å². The predicted octanol–water partition coefficient (Wildman–Crippen LogP) is 0.294. The fourth-order valence-electron chi connectivity index (χ4n) is 1.89. The summed E-state index contributed by atoms with van der Waals surface area (Å²) in [5.41, 5.74) is 0. The summed E-state index contributed by atoms with van der Waals surface area (Å²) in [6.07, 6.45) is 1.84. The number of fused-ring (bicyclic) bond motifs is 1. The van der Waals surface area contributed by atoms with Gasteiger partial charge in [0.25, 0.3) is 0 Å². The van der Waals surface area contributed by atoms with E-state index >= 15 is 0 Å². The Balaban J connectivity index is 1.76. The molecule has 3 aliphatic heterocycles. The molecule has 0 spiro atoms. The van der Waals surface area contributed by atoms with E-state index in [1.807, 2.05) is 0 Å². The van der Waals surface area contributed by atoms with Gasteiger partial charge in [0.05, 0.1) is 6.61 Å². The Morgan fingerprint density at radius 3 is 3.07 bits per heavy atom. The van der Waals surface area contributed by atoms with Crippen LogP contribution in [0.4, 0.5) is 0 Å². The second-order valence-electron chi connectivity index (χ2n) is 3.53. The minimum absolute atomic E-state index is 0.0969. The van der Waals surface area contributed by atoms with E-state index in [-0.39, 0.29) is 31.9 Å². The van der Waals surface area contributed by atoms with Gasteiger partial charge >= 0.3 is 0 Å². The van der Waals surface area contributed by atoms with Gasteiger partial charge in [0, 0.05) is 6.42 Å². The van der Waals surface area contributed by atoms with Crippen LogP contribution in [0.3, 0.4) is 0 Å². The van der Waals surface area contributed by atoms with Crippen LogP contribution >= 0.6 is 0 Å². The van der Waals surface area contributed by atoms with Crippen molar-refractivity contribution in [3.05, 3.63) is 12.0 Å². The highest BCUT2D eigenvalue weighted by Gasteiger charge is 2.42. The highest BCUT2D eigenvalue weighted by molar-refractivity contribution is 5.05. The molecule has 3 atom stereocenters. The SMILES string of the molecule is C1=C2OCOC(C3CCOO3)C2OCO1. The molecule has 3 unspecified atom stereocenters. The molecule has 6 nitrogen and oxygen atoms in total. The highest BCUT2D eigenvalue weighted by Crippen LogP contribution is 2.29. The van der Waals surface area contributed by atoms with Crippen molar-refractivity contribution in [1.82, 2.24) is 0 Å². The lowest BCUT2D eigenvalue weighted by Gasteiger charge is -2.36. The Bertz CT molecular complexity index is 259. The van der Waals surface area contributed by atoms with Crippen molar-refractivity contribution in [3.8, 4) is 0 Å².